The Bertz CT molecular complexity index is 906. The Balaban J connectivity index is 1.93. The van der Waals surface area contributed by atoms with Crippen LogP contribution in [0.25, 0.3) is 0 Å². The predicted molar refractivity (Wildman–Crippen MR) is 99.8 cm³/mol. The lowest BCUT2D eigenvalue weighted by Crippen LogP contribution is -2.25. The third kappa shape index (κ3) is 5.90. The molecule has 0 bridgehead atoms. The normalized spacial score (nSPS) is 11.1. The molecule has 2 N–H and O–H groups in total. The second-order valence-corrected chi connectivity index (χ2v) is 7.96. The molecule has 0 heterocycles. The maximum absolute atomic E-state index is 12.2. The Morgan fingerprint density at radius 1 is 1.07 bits per heavy atom. The van der Waals surface area contributed by atoms with E-state index in [1.165, 1.54) is 37.4 Å². The van der Waals surface area contributed by atoms with Crippen LogP contribution in [0.1, 0.15) is 26.3 Å². The molecule has 0 aliphatic carbocycles. The van der Waals surface area contributed by atoms with Crippen molar-refractivity contribution in [1.82, 2.24) is 5.32 Å². The van der Waals surface area contributed by atoms with Crippen molar-refractivity contribution in [2.24, 2.45) is 0 Å². The van der Waals surface area contributed by atoms with Crippen molar-refractivity contribution in [3.63, 3.8) is 0 Å². The van der Waals surface area contributed by atoms with Crippen molar-refractivity contribution in [2.75, 3.05) is 26.0 Å². The number of hydrogen-bond donors (Lipinski definition) is 2. The molecule has 0 fully saturated rings. The van der Waals surface area contributed by atoms with Crippen LogP contribution in [-0.4, -0.2) is 51.4 Å². The van der Waals surface area contributed by atoms with Crippen LogP contribution in [0.5, 0.6) is 0 Å². The fraction of sp³-hybridized carbons (Fsp3) is 0.263. The summed E-state index contributed by atoms with van der Waals surface area (Å²) in [5.41, 5.74) is 1.35. The lowest BCUT2D eigenvalue weighted by atomic mass is 10.1. The Morgan fingerprint density at radius 2 is 1.78 bits per heavy atom. The zero-order chi connectivity index (χ0) is 19.9. The topological polar surface area (TPSA) is 110 Å². The minimum Gasteiger partial charge on any atom is -0.478 e. The number of carbonyl (C=O) groups excluding carboxylic acids is 1. The molecule has 0 aliphatic heterocycles. The summed E-state index contributed by atoms with van der Waals surface area (Å²) in [7, 11) is -2.00. The summed E-state index contributed by atoms with van der Waals surface area (Å²) < 4.78 is 28.9. The van der Waals surface area contributed by atoms with Gasteiger partial charge in [0.05, 0.1) is 22.8 Å². The first-order valence-corrected chi connectivity index (χ1v) is 9.91. The van der Waals surface area contributed by atoms with E-state index in [2.05, 4.69) is 5.32 Å². The second-order valence-electron chi connectivity index (χ2n) is 5.85. The number of hydrogen-bond acceptors (Lipinski definition) is 5. The van der Waals surface area contributed by atoms with E-state index in [0.29, 0.717) is 18.5 Å². The minimum absolute atomic E-state index is 0.105. The van der Waals surface area contributed by atoms with Gasteiger partial charge in [0, 0.05) is 19.2 Å². The summed E-state index contributed by atoms with van der Waals surface area (Å²) >= 11 is 0. The van der Waals surface area contributed by atoms with E-state index in [1.807, 2.05) is 0 Å². The van der Waals surface area contributed by atoms with Gasteiger partial charge in [-0.15, -0.1) is 0 Å². The maximum atomic E-state index is 12.2. The number of rotatable bonds is 9. The van der Waals surface area contributed by atoms with Crippen molar-refractivity contribution in [3.8, 4) is 0 Å². The van der Waals surface area contributed by atoms with E-state index in [1.54, 1.807) is 18.2 Å². The molecule has 1 amide bonds. The maximum Gasteiger partial charge on any atom is 0.335 e. The van der Waals surface area contributed by atoms with Crippen LogP contribution in [0.15, 0.2) is 53.4 Å². The molecular formula is C19H21NO6S. The first kappa shape index (κ1) is 20.6. The van der Waals surface area contributed by atoms with Gasteiger partial charge in [-0.25, -0.2) is 13.2 Å². The molecule has 27 heavy (non-hydrogen) atoms. The molecule has 2 aromatic carbocycles. The number of benzene rings is 2. The second kappa shape index (κ2) is 9.29. The third-order valence-corrected chi connectivity index (χ3v) is 5.60. The Morgan fingerprint density at radius 3 is 2.41 bits per heavy atom. The summed E-state index contributed by atoms with van der Waals surface area (Å²) in [5, 5.41) is 11.7. The zero-order valence-electron chi connectivity index (χ0n) is 14.8. The molecule has 8 heteroatoms. The quantitative estimate of drug-likeness (QED) is 0.674. The SMILES string of the molecule is COCCS(=O)(=O)c1ccc(C(=O)NCCc2cccc(C(=O)O)c2)cc1. The third-order valence-electron chi connectivity index (χ3n) is 3.90. The molecule has 0 radical (unpaired) electrons. The molecule has 7 nitrogen and oxygen atoms in total. The fourth-order valence-electron chi connectivity index (χ4n) is 2.41. The van der Waals surface area contributed by atoms with Crippen LogP contribution in [0, 0.1) is 0 Å². The number of carbonyl (C=O) groups is 2. The number of ether oxygens (including phenoxy) is 1. The van der Waals surface area contributed by atoms with Crippen molar-refractivity contribution in [2.45, 2.75) is 11.3 Å². The van der Waals surface area contributed by atoms with Gasteiger partial charge in [0.2, 0.25) is 0 Å². The van der Waals surface area contributed by atoms with Crippen molar-refractivity contribution in [3.05, 3.63) is 65.2 Å². The lowest BCUT2D eigenvalue weighted by Gasteiger charge is -2.08. The van der Waals surface area contributed by atoms with E-state index >= 15 is 0 Å². The summed E-state index contributed by atoms with van der Waals surface area (Å²) in [6.45, 7) is 0.434. The zero-order valence-corrected chi connectivity index (χ0v) is 15.7. The van der Waals surface area contributed by atoms with Crippen LogP contribution < -0.4 is 5.32 Å². The highest BCUT2D eigenvalue weighted by Crippen LogP contribution is 2.13. The highest BCUT2D eigenvalue weighted by Gasteiger charge is 2.15. The van der Waals surface area contributed by atoms with Crippen LogP contribution in [0.4, 0.5) is 0 Å². The smallest absolute Gasteiger partial charge is 0.335 e. The predicted octanol–water partition coefficient (Wildman–Crippen LogP) is 1.78. The number of methoxy groups -OCH3 is 1. The molecule has 2 aromatic rings. The first-order chi connectivity index (χ1) is 12.8. The van der Waals surface area contributed by atoms with Crippen LogP contribution >= 0.6 is 0 Å². The van der Waals surface area contributed by atoms with Gasteiger partial charge in [-0.2, -0.15) is 0 Å². The van der Waals surface area contributed by atoms with Crippen LogP contribution in [0.2, 0.25) is 0 Å². The Kier molecular flexibility index (Phi) is 7.09. The lowest BCUT2D eigenvalue weighted by molar-refractivity contribution is 0.0696. The summed E-state index contributed by atoms with van der Waals surface area (Å²) in [6.07, 6.45) is 0.482. The van der Waals surface area contributed by atoms with Crippen LogP contribution in [0.3, 0.4) is 0 Å². The molecule has 0 atom stereocenters. The average Bonchev–Trinajstić information content (AvgIpc) is 2.66. The molecule has 0 aromatic heterocycles. The molecular weight excluding hydrogens is 370 g/mol. The van der Waals surface area contributed by atoms with Gasteiger partial charge in [0.15, 0.2) is 9.84 Å². The monoisotopic (exact) mass is 391 g/mol. The number of aromatic carboxylic acids is 1. The van der Waals surface area contributed by atoms with E-state index in [4.69, 9.17) is 9.84 Å². The van der Waals surface area contributed by atoms with Gasteiger partial charge in [-0.1, -0.05) is 12.1 Å². The minimum atomic E-state index is -3.43. The van der Waals surface area contributed by atoms with Crippen molar-refractivity contribution < 1.29 is 27.9 Å². The summed E-state index contributed by atoms with van der Waals surface area (Å²) in [4.78, 5) is 23.3. The van der Waals surface area contributed by atoms with E-state index in [0.717, 1.165) is 5.56 Å². The average molecular weight is 391 g/mol. The number of nitrogens with one attached hydrogen (secondary N) is 1. The molecule has 0 saturated carbocycles. The van der Waals surface area contributed by atoms with Gasteiger partial charge < -0.3 is 15.2 Å². The van der Waals surface area contributed by atoms with Gasteiger partial charge in [-0.3, -0.25) is 4.79 Å². The van der Waals surface area contributed by atoms with E-state index in [-0.39, 0.29) is 28.7 Å². The van der Waals surface area contributed by atoms with Crippen molar-refractivity contribution in [1.29, 1.82) is 0 Å². The summed E-state index contributed by atoms with van der Waals surface area (Å²) in [6, 6.07) is 12.2. The number of carboxylic acid groups (broad SMARTS) is 1. The molecule has 0 unspecified atom stereocenters. The highest BCUT2D eigenvalue weighted by molar-refractivity contribution is 7.91. The first-order valence-electron chi connectivity index (χ1n) is 8.25. The van der Waals surface area contributed by atoms with Gasteiger partial charge >= 0.3 is 5.97 Å². The van der Waals surface area contributed by atoms with Gasteiger partial charge in [0.25, 0.3) is 5.91 Å². The molecule has 0 spiro atoms. The van der Waals surface area contributed by atoms with Gasteiger partial charge in [0.1, 0.15) is 0 Å². The molecule has 0 aliphatic rings. The van der Waals surface area contributed by atoms with Crippen molar-refractivity contribution >= 4 is 21.7 Å². The highest BCUT2D eigenvalue weighted by atomic mass is 32.2. The number of amides is 1. The fourth-order valence-corrected chi connectivity index (χ4v) is 3.58. The standard InChI is InChI=1S/C19H21NO6S/c1-26-11-12-27(24,25)17-7-5-15(6-8-17)18(21)20-10-9-14-3-2-4-16(13-14)19(22)23/h2-8,13H,9-12H2,1H3,(H,20,21)(H,22,23). The van der Waals surface area contributed by atoms with E-state index < -0.39 is 15.8 Å². The Labute approximate surface area is 157 Å². The molecule has 2 rings (SSSR count). The molecule has 144 valence electrons. The number of carboxylic acids is 1. The Hall–Kier alpha value is -2.71. The number of sulfone groups is 1. The van der Waals surface area contributed by atoms with Gasteiger partial charge in [-0.05, 0) is 48.4 Å². The van der Waals surface area contributed by atoms with E-state index in [9.17, 15) is 18.0 Å². The largest absolute Gasteiger partial charge is 0.478 e. The summed E-state index contributed by atoms with van der Waals surface area (Å²) in [5.74, 6) is -1.45. The van der Waals surface area contributed by atoms with Crippen LogP contribution in [-0.2, 0) is 21.0 Å². The molecule has 0 saturated heterocycles.